The summed E-state index contributed by atoms with van der Waals surface area (Å²) in [5.41, 5.74) is 5.21. The van der Waals surface area contributed by atoms with Gasteiger partial charge in [0, 0.05) is 34.1 Å². The van der Waals surface area contributed by atoms with Crippen LogP contribution in [-0.2, 0) is 0 Å². The van der Waals surface area contributed by atoms with Crippen LogP contribution in [0.4, 0.5) is 34.1 Å². The number of hydrogen-bond acceptors (Lipinski definition) is 10. The number of hydrogen-bond donors (Lipinski definition) is 0. The van der Waals surface area contributed by atoms with Gasteiger partial charge in [-0.3, -0.25) is 14.7 Å². The van der Waals surface area contributed by atoms with Crippen LogP contribution in [0.3, 0.4) is 0 Å². The minimum Gasteiger partial charge on any atom is -0.279 e. The topological polar surface area (TPSA) is 87.1 Å². The van der Waals surface area contributed by atoms with Crippen LogP contribution in [0.25, 0.3) is 64.6 Å². The van der Waals surface area contributed by atoms with Gasteiger partial charge in [-0.15, -0.1) is 0 Å². The standard InChI is InChI=1S/C66H42N10/c1-7-19-49-37-55(31-25-43(49)13-1)73(56-32-26-44-14-2-8-20-50(44)38-56)61-67-64-69-62(74(57-33-27-45-15-3-9-21-51(45)39-57)58-34-28-46-16-4-10-22-52(46)40-58)71-66-72-63(70-65(68-61)76(64)66)75(59-35-29-47-17-5-11-23-53(47)41-59)60-36-30-48-18-6-12-24-54(48)42-60/h1-42H. The lowest BCUT2D eigenvalue weighted by molar-refractivity contribution is 0.821. The van der Waals surface area contributed by atoms with Crippen LogP contribution in [0.2, 0.25) is 0 Å². The van der Waals surface area contributed by atoms with Gasteiger partial charge in [0.2, 0.25) is 35.8 Å². The molecular weight excluding hydrogens is 933 g/mol. The first kappa shape index (κ1) is 43.0. The molecule has 0 N–H and O–H groups in total. The summed E-state index contributed by atoms with van der Waals surface area (Å²) in [4.78, 5) is 40.6. The van der Waals surface area contributed by atoms with Crippen LogP contribution < -0.4 is 14.7 Å². The van der Waals surface area contributed by atoms with E-state index < -0.39 is 0 Å². The Kier molecular flexibility index (Phi) is 9.95. The Morgan fingerprint density at radius 3 is 0.579 bits per heavy atom. The molecule has 0 fully saturated rings. The second kappa shape index (κ2) is 17.6. The monoisotopic (exact) mass is 974 g/mol. The lowest BCUT2D eigenvalue weighted by atomic mass is 10.1. The predicted octanol–water partition coefficient (Wildman–Crippen LogP) is 15.9. The zero-order valence-corrected chi connectivity index (χ0v) is 40.7. The third-order valence-corrected chi connectivity index (χ3v) is 14.3. The highest BCUT2D eigenvalue weighted by Crippen LogP contribution is 2.38. The average Bonchev–Trinajstić information content (AvgIpc) is 3.53. The highest BCUT2D eigenvalue weighted by atomic mass is 15.6. The molecule has 0 spiro atoms. The zero-order chi connectivity index (χ0) is 50.1. The van der Waals surface area contributed by atoms with Gasteiger partial charge in [0.15, 0.2) is 0 Å². The Hall–Kier alpha value is -10.6. The van der Waals surface area contributed by atoms with Crippen molar-refractivity contribution < 1.29 is 0 Å². The fourth-order valence-corrected chi connectivity index (χ4v) is 10.6. The molecule has 3 heterocycles. The van der Waals surface area contributed by atoms with Crippen molar-refractivity contribution in [2.75, 3.05) is 14.7 Å². The third kappa shape index (κ3) is 7.51. The van der Waals surface area contributed by atoms with E-state index in [0.29, 0.717) is 35.8 Å². The number of aliphatic imine (C=N–C) groups is 6. The second-order valence-corrected chi connectivity index (χ2v) is 19.0. The van der Waals surface area contributed by atoms with Gasteiger partial charge >= 0.3 is 0 Å². The number of fused-ring (bicyclic) bond motifs is 6. The maximum Gasteiger partial charge on any atom is 0.246 e. The van der Waals surface area contributed by atoms with Crippen molar-refractivity contribution >= 4 is 135 Å². The maximum absolute atomic E-state index is 5.43. The number of benzene rings is 12. The van der Waals surface area contributed by atoms with Crippen molar-refractivity contribution in [2.45, 2.75) is 0 Å². The summed E-state index contributed by atoms with van der Waals surface area (Å²) in [5.74, 6) is 2.04. The molecule has 15 rings (SSSR count). The SMILES string of the molecule is c1ccc2cc(N(C3=NC4=NC(N(c5ccc6ccccc6c5)c5ccc6ccccc6c5)=NC5=NC(N(c6ccc7ccccc7c6)c6ccc7ccccc7c6)=NC(=N3)N45)c3ccc4ccccc4c3)ccc2c1. The molecule has 0 unspecified atom stereocenters. The van der Waals surface area contributed by atoms with Crippen molar-refractivity contribution in [1.82, 2.24) is 4.90 Å². The smallest absolute Gasteiger partial charge is 0.246 e. The minimum atomic E-state index is 0.313. The van der Waals surface area contributed by atoms with Gasteiger partial charge in [-0.05, 0) is 137 Å². The van der Waals surface area contributed by atoms with Crippen molar-refractivity contribution in [3.05, 3.63) is 255 Å². The first-order chi connectivity index (χ1) is 37.6. The number of guanidine groups is 6. The average molecular weight is 975 g/mol. The van der Waals surface area contributed by atoms with Gasteiger partial charge in [-0.25, -0.2) is 4.90 Å². The first-order valence-corrected chi connectivity index (χ1v) is 25.3. The Bertz CT molecular complexity index is 3890. The zero-order valence-electron chi connectivity index (χ0n) is 40.7. The molecule has 3 aliphatic heterocycles. The van der Waals surface area contributed by atoms with E-state index in [1.165, 1.54) is 0 Å². The van der Waals surface area contributed by atoms with E-state index in [2.05, 4.69) is 269 Å². The summed E-state index contributed by atoms with van der Waals surface area (Å²) in [6.45, 7) is 0. The van der Waals surface area contributed by atoms with Crippen LogP contribution in [-0.4, -0.2) is 40.7 Å². The lowest BCUT2D eigenvalue weighted by Gasteiger charge is -2.36. The fourth-order valence-electron chi connectivity index (χ4n) is 10.6. The molecule has 0 aromatic heterocycles. The third-order valence-electron chi connectivity index (χ3n) is 14.3. The van der Waals surface area contributed by atoms with E-state index in [1.54, 1.807) is 4.90 Å². The molecule has 10 nitrogen and oxygen atoms in total. The summed E-state index contributed by atoms with van der Waals surface area (Å²) < 4.78 is 0. The molecule has 0 aliphatic carbocycles. The fraction of sp³-hybridized carbons (Fsp3) is 0. The van der Waals surface area contributed by atoms with Crippen LogP contribution in [0.1, 0.15) is 0 Å². The van der Waals surface area contributed by atoms with Gasteiger partial charge in [0.1, 0.15) is 0 Å². The molecule has 0 amide bonds. The Balaban J connectivity index is 0.991. The van der Waals surface area contributed by atoms with Crippen molar-refractivity contribution in [1.29, 1.82) is 0 Å². The molecule has 76 heavy (non-hydrogen) atoms. The predicted molar refractivity (Wildman–Crippen MR) is 317 cm³/mol. The highest BCUT2D eigenvalue weighted by Gasteiger charge is 2.39. The number of nitrogens with zero attached hydrogens (tertiary/aromatic N) is 10. The van der Waals surface area contributed by atoms with Crippen molar-refractivity contribution in [2.24, 2.45) is 30.0 Å². The van der Waals surface area contributed by atoms with Crippen LogP contribution >= 0.6 is 0 Å². The molecule has 3 aliphatic rings. The van der Waals surface area contributed by atoms with Gasteiger partial charge < -0.3 is 0 Å². The summed E-state index contributed by atoms with van der Waals surface area (Å²) >= 11 is 0. The summed E-state index contributed by atoms with van der Waals surface area (Å²) in [5, 5.41) is 13.2. The molecule has 0 atom stereocenters. The largest absolute Gasteiger partial charge is 0.279 e. The van der Waals surface area contributed by atoms with E-state index >= 15 is 0 Å². The molecule has 0 saturated heterocycles. The Morgan fingerprint density at radius 1 is 0.197 bits per heavy atom. The van der Waals surface area contributed by atoms with Crippen LogP contribution in [0.15, 0.2) is 285 Å². The van der Waals surface area contributed by atoms with E-state index in [9.17, 15) is 0 Å². The molecular formula is C66H42N10. The first-order valence-electron chi connectivity index (χ1n) is 25.3. The highest BCUT2D eigenvalue weighted by molar-refractivity contribution is 6.34. The number of rotatable bonds is 6. The molecule has 0 radical (unpaired) electrons. The number of anilines is 6. The summed E-state index contributed by atoms with van der Waals surface area (Å²) in [6.07, 6.45) is 0. The molecule has 12 aromatic carbocycles. The van der Waals surface area contributed by atoms with Gasteiger partial charge in [-0.2, -0.15) is 30.0 Å². The molecule has 10 heteroatoms. The van der Waals surface area contributed by atoms with Crippen molar-refractivity contribution in [3.63, 3.8) is 0 Å². The van der Waals surface area contributed by atoms with E-state index in [-0.39, 0.29) is 0 Å². The second-order valence-electron chi connectivity index (χ2n) is 19.0. The van der Waals surface area contributed by atoms with Gasteiger partial charge in [-0.1, -0.05) is 182 Å². The normalized spacial score (nSPS) is 14.0. The van der Waals surface area contributed by atoms with E-state index in [4.69, 9.17) is 30.0 Å². The molecule has 12 aromatic rings. The van der Waals surface area contributed by atoms with Gasteiger partial charge in [0.25, 0.3) is 0 Å². The van der Waals surface area contributed by atoms with Crippen molar-refractivity contribution in [3.8, 4) is 0 Å². The lowest BCUT2D eigenvalue weighted by Crippen LogP contribution is -2.51. The van der Waals surface area contributed by atoms with Crippen LogP contribution in [0.5, 0.6) is 0 Å². The molecule has 0 saturated carbocycles. The Morgan fingerprint density at radius 2 is 0.382 bits per heavy atom. The van der Waals surface area contributed by atoms with Crippen LogP contribution in [0, 0.1) is 0 Å². The van der Waals surface area contributed by atoms with Gasteiger partial charge in [0.05, 0.1) is 0 Å². The Labute approximate surface area is 436 Å². The van der Waals surface area contributed by atoms with E-state index in [1.807, 2.05) is 0 Å². The maximum atomic E-state index is 5.43. The minimum absolute atomic E-state index is 0.313. The summed E-state index contributed by atoms with van der Waals surface area (Å²) in [6, 6.07) is 88.9. The van der Waals surface area contributed by atoms with E-state index in [0.717, 1.165) is 98.8 Å². The molecule has 0 bridgehead atoms. The molecule has 356 valence electrons. The quantitative estimate of drug-likeness (QED) is 0.166. The summed E-state index contributed by atoms with van der Waals surface area (Å²) in [7, 11) is 0.